The van der Waals surface area contributed by atoms with Gasteiger partial charge in [0, 0.05) is 18.7 Å². The maximum Gasteiger partial charge on any atom is 0.218 e. The Hall–Kier alpha value is -1.36. The molecule has 0 amide bonds. The monoisotopic (exact) mass is 250 g/mol. The fourth-order valence-electron chi connectivity index (χ4n) is 2.18. The second-order valence-corrected chi connectivity index (χ2v) is 4.75. The van der Waals surface area contributed by atoms with Gasteiger partial charge in [-0.3, -0.25) is 0 Å². The summed E-state index contributed by atoms with van der Waals surface area (Å²) < 4.78 is 5.49. The molecule has 1 aromatic heterocycles. The molecule has 1 saturated heterocycles. The van der Waals surface area contributed by atoms with Gasteiger partial charge in [-0.15, -0.1) is 0 Å². The number of nitrogens with one attached hydrogen (secondary N) is 1. The second-order valence-electron chi connectivity index (χ2n) is 4.75. The minimum atomic E-state index is 0.611. The van der Waals surface area contributed by atoms with E-state index in [4.69, 9.17) is 4.74 Å². The zero-order valence-corrected chi connectivity index (χ0v) is 11.2. The van der Waals surface area contributed by atoms with Gasteiger partial charge in [-0.2, -0.15) is 0 Å². The van der Waals surface area contributed by atoms with Crippen molar-refractivity contribution in [1.29, 1.82) is 0 Å². The molecule has 0 radical (unpaired) electrons. The third kappa shape index (κ3) is 3.57. The highest BCUT2D eigenvalue weighted by Gasteiger charge is 2.20. The molecule has 2 rings (SSSR count). The number of anilines is 1. The molecule has 18 heavy (non-hydrogen) atoms. The third-order valence-electron chi connectivity index (χ3n) is 3.29. The summed E-state index contributed by atoms with van der Waals surface area (Å²) in [6.07, 6.45) is 5.08. The predicted molar refractivity (Wildman–Crippen MR) is 72.0 cm³/mol. The van der Waals surface area contributed by atoms with Gasteiger partial charge in [0.05, 0.1) is 6.61 Å². The van der Waals surface area contributed by atoms with Crippen LogP contribution >= 0.6 is 0 Å². The van der Waals surface area contributed by atoms with Crippen molar-refractivity contribution in [2.24, 2.45) is 0 Å². The normalized spacial score (nSPS) is 20.0. The van der Waals surface area contributed by atoms with Crippen LogP contribution in [0.1, 0.15) is 26.2 Å². The Labute approximate surface area is 109 Å². The largest absolute Gasteiger partial charge is 0.478 e. The summed E-state index contributed by atoms with van der Waals surface area (Å²) in [7, 11) is 2.18. The summed E-state index contributed by atoms with van der Waals surface area (Å²) in [5.41, 5.74) is 0. The van der Waals surface area contributed by atoms with Crippen LogP contribution in [0.25, 0.3) is 0 Å². The molecular formula is C13H22N4O. The van der Waals surface area contributed by atoms with Crippen molar-refractivity contribution in [1.82, 2.24) is 14.9 Å². The van der Waals surface area contributed by atoms with Crippen molar-refractivity contribution >= 4 is 5.82 Å². The van der Waals surface area contributed by atoms with E-state index in [1.54, 1.807) is 6.33 Å². The Morgan fingerprint density at radius 3 is 3.11 bits per heavy atom. The molecule has 0 bridgehead atoms. The van der Waals surface area contributed by atoms with Crippen LogP contribution in [-0.4, -0.2) is 47.7 Å². The van der Waals surface area contributed by atoms with Crippen LogP contribution in [0.2, 0.25) is 0 Å². The number of aromatic nitrogens is 2. The van der Waals surface area contributed by atoms with Crippen molar-refractivity contribution in [2.45, 2.75) is 32.2 Å². The summed E-state index contributed by atoms with van der Waals surface area (Å²) in [5.74, 6) is 1.49. The van der Waals surface area contributed by atoms with E-state index in [1.807, 2.05) is 6.07 Å². The van der Waals surface area contributed by atoms with Crippen molar-refractivity contribution in [3.63, 3.8) is 0 Å². The van der Waals surface area contributed by atoms with E-state index in [1.165, 1.54) is 19.4 Å². The summed E-state index contributed by atoms with van der Waals surface area (Å²) in [5, 5.41) is 3.36. The van der Waals surface area contributed by atoms with Crippen LogP contribution in [0.3, 0.4) is 0 Å². The second kappa shape index (κ2) is 6.54. The molecule has 5 heteroatoms. The zero-order chi connectivity index (χ0) is 12.8. The van der Waals surface area contributed by atoms with E-state index in [0.29, 0.717) is 18.5 Å². The van der Waals surface area contributed by atoms with E-state index in [2.05, 4.69) is 34.2 Å². The lowest BCUT2D eigenvalue weighted by Gasteiger charge is -2.19. The minimum Gasteiger partial charge on any atom is -0.478 e. The molecule has 0 spiro atoms. The molecule has 1 aromatic rings. The number of hydrogen-bond acceptors (Lipinski definition) is 5. The highest BCUT2D eigenvalue weighted by molar-refractivity contribution is 5.37. The Morgan fingerprint density at radius 1 is 1.50 bits per heavy atom. The van der Waals surface area contributed by atoms with E-state index in [9.17, 15) is 0 Å². The van der Waals surface area contributed by atoms with E-state index in [-0.39, 0.29) is 0 Å². The third-order valence-corrected chi connectivity index (χ3v) is 3.29. The lowest BCUT2D eigenvalue weighted by Crippen LogP contribution is -2.31. The van der Waals surface area contributed by atoms with Gasteiger partial charge in [0.15, 0.2) is 0 Å². The minimum absolute atomic E-state index is 0.611. The van der Waals surface area contributed by atoms with Gasteiger partial charge in [-0.25, -0.2) is 9.97 Å². The lowest BCUT2D eigenvalue weighted by molar-refractivity contribution is 0.304. The van der Waals surface area contributed by atoms with Crippen LogP contribution in [0.15, 0.2) is 12.4 Å². The van der Waals surface area contributed by atoms with Gasteiger partial charge in [-0.05, 0) is 32.9 Å². The van der Waals surface area contributed by atoms with Crippen molar-refractivity contribution in [2.75, 3.05) is 32.1 Å². The van der Waals surface area contributed by atoms with Crippen LogP contribution in [0.4, 0.5) is 5.82 Å². The molecule has 1 unspecified atom stereocenters. The van der Waals surface area contributed by atoms with Crippen LogP contribution in [-0.2, 0) is 0 Å². The van der Waals surface area contributed by atoms with Crippen molar-refractivity contribution in [3.8, 4) is 5.88 Å². The van der Waals surface area contributed by atoms with Crippen molar-refractivity contribution < 1.29 is 4.74 Å². The van der Waals surface area contributed by atoms with Crippen LogP contribution < -0.4 is 10.1 Å². The first-order chi connectivity index (χ1) is 8.79. The Morgan fingerprint density at radius 2 is 2.39 bits per heavy atom. The Balaban J connectivity index is 1.84. The fourth-order valence-corrected chi connectivity index (χ4v) is 2.18. The summed E-state index contributed by atoms with van der Waals surface area (Å²) in [6, 6.07) is 2.48. The number of rotatable bonds is 6. The molecule has 0 aromatic carbocycles. The lowest BCUT2D eigenvalue weighted by atomic mass is 10.2. The van der Waals surface area contributed by atoms with E-state index in [0.717, 1.165) is 18.8 Å². The number of likely N-dealkylation sites (N-methyl/N-ethyl adjacent to an activating group) is 1. The molecule has 100 valence electrons. The first kappa shape index (κ1) is 13.1. The van der Waals surface area contributed by atoms with Gasteiger partial charge < -0.3 is 15.0 Å². The first-order valence-electron chi connectivity index (χ1n) is 6.68. The van der Waals surface area contributed by atoms with Crippen LogP contribution in [0.5, 0.6) is 5.88 Å². The number of hydrogen-bond donors (Lipinski definition) is 1. The molecular weight excluding hydrogens is 228 g/mol. The standard InChI is InChI=1S/C13H22N4O/c1-3-7-18-13-8-12(15-10-16-13)14-9-11-5-4-6-17(11)2/h8,10-11H,3-7,9H2,1-2H3,(H,14,15,16). The van der Waals surface area contributed by atoms with Gasteiger partial charge in [-0.1, -0.05) is 6.92 Å². The molecule has 2 heterocycles. The number of nitrogens with zero attached hydrogens (tertiary/aromatic N) is 3. The average Bonchev–Trinajstić information content (AvgIpc) is 2.80. The Kier molecular flexibility index (Phi) is 4.75. The van der Waals surface area contributed by atoms with Gasteiger partial charge in [0.1, 0.15) is 12.1 Å². The summed E-state index contributed by atoms with van der Waals surface area (Å²) in [6.45, 7) is 4.90. The highest BCUT2D eigenvalue weighted by Crippen LogP contribution is 2.16. The maximum absolute atomic E-state index is 5.49. The van der Waals surface area contributed by atoms with E-state index >= 15 is 0 Å². The molecule has 0 aliphatic carbocycles. The topological polar surface area (TPSA) is 50.3 Å². The number of likely N-dealkylation sites (tertiary alicyclic amines) is 1. The molecule has 1 aliphatic heterocycles. The summed E-state index contributed by atoms with van der Waals surface area (Å²) in [4.78, 5) is 10.7. The average molecular weight is 250 g/mol. The van der Waals surface area contributed by atoms with E-state index < -0.39 is 0 Å². The predicted octanol–water partition coefficient (Wildman–Crippen LogP) is 1.77. The molecule has 1 atom stereocenters. The van der Waals surface area contributed by atoms with Crippen molar-refractivity contribution in [3.05, 3.63) is 12.4 Å². The fraction of sp³-hybridized carbons (Fsp3) is 0.692. The smallest absolute Gasteiger partial charge is 0.218 e. The zero-order valence-electron chi connectivity index (χ0n) is 11.2. The first-order valence-corrected chi connectivity index (χ1v) is 6.68. The Bertz CT molecular complexity index is 372. The highest BCUT2D eigenvalue weighted by atomic mass is 16.5. The summed E-state index contributed by atoms with van der Waals surface area (Å²) >= 11 is 0. The quantitative estimate of drug-likeness (QED) is 0.834. The van der Waals surface area contributed by atoms with Gasteiger partial charge in [0.25, 0.3) is 0 Å². The van der Waals surface area contributed by atoms with Gasteiger partial charge >= 0.3 is 0 Å². The molecule has 5 nitrogen and oxygen atoms in total. The molecule has 1 aliphatic rings. The SMILES string of the molecule is CCCOc1cc(NCC2CCCN2C)ncn1. The van der Waals surface area contributed by atoms with Gasteiger partial charge in [0.2, 0.25) is 5.88 Å². The molecule has 1 fully saturated rings. The maximum atomic E-state index is 5.49. The molecule has 1 N–H and O–H groups in total. The number of ether oxygens (including phenoxy) is 1. The molecule has 0 saturated carbocycles. The van der Waals surface area contributed by atoms with Crippen LogP contribution in [0, 0.1) is 0 Å².